The first-order valence-corrected chi connectivity index (χ1v) is 17.5. The van der Waals surface area contributed by atoms with Crippen molar-refractivity contribution in [2.75, 3.05) is 0 Å². The van der Waals surface area contributed by atoms with Gasteiger partial charge < -0.3 is 4.57 Å². The normalized spacial score (nSPS) is 12.2. The lowest BCUT2D eigenvalue weighted by molar-refractivity contribution is 1.01. The van der Waals surface area contributed by atoms with E-state index in [0.29, 0.717) is 0 Å². The van der Waals surface area contributed by atoms with Crippen LogP contribution in [0, 0.1) is 0 Å². The first-order chi connectivity index (χ1) is 25.3. The third kappa shape index (κ3) is 4.26. The third-order valence-electron chi connectivity index (χ3n) is 10.6. The highest BCUT2D eigenvalue weighted by Gasteiger charge is 2.23. The first-order valence-electron chi connectivity index (χ1n) is 17.5. The summed E-state index contributed by atoms with van der Waals surface area (Å²) in [6.07, 6.45) is 2.77. The molecule has 4 nitrogen and oxygen atoms in total. The van der Waals surface area contributed by atoms with Crippen molar-refractivity contribution in [3.05, 3.63) is 181 Å². The van der Waals surface area contributed by atoms with Gasteiger partial charge in [0.05, 0.1) is 39.7 Å². The Hall–Kier alpha value is -6.78. The molecule has 0 fully saturated rings. The Kier molecular flexibility index (Phi) is 5.98. The van der Waals surface area contributed by atoms with Gasteiger partial charge in [-0.3, -0.25) is 9.55 Å². The molecule has 10 aromatic rings. The number of benzene rings is 7. The summed E-state index contributed by atoms with van der Waals surface area (Å²) in [6, 6.07) is 59.1. The summed E-state index contributed by atoms with van der Waals surface area (Å²) >= 11 is 0. The van der Waals surface area contributed by atoms with Crippen LogP contribution in [-0.4, -0.2) is 19.1 Å². The molecule has 0 amide bonds. The maximum atomic E-state index is 5.27. The van der Waals surface area contributed by atoms with Gasteiger partial charge in [-0.2, -0.15) is 0 Å². The summed E-state index contributed by atoms with van der Waals surface area (Å²) in [5.41, 5.74) is 15.1. The Morgan fingerprint density at radius 3 is 1.88 bits per heavy atom. The minimum atomic E-state index is 0.827. The van der Waals surface area contributed by atoms with Gasteiger partial charge in [0.1, 0.15) is 0 Å². The van der Waals surface area contributed by atoms with Crippen molar-refractivity contribution in [2.45, 2.75) is 6.42 Å². The number of rotatable bonds is 4. The highest BCUT2D eigenvalue weighted by atomic mass is 15.1. The van der Waals surface area contributed by atoms with Crippen LogP contribution in [0.15, 0.2) is 170 Å². The highest BCUT2D eigenvalue weighted by molar-refractivity contribution is 6.12. The fourth-order valence-corrected chi connectivity index (χ4v) is 8.20. The Labute approximate surface area is 294 Å². The number of para-hydroxylation sites is 2. The topological polar surface area (TPSA) is 35.6 Å². The number of nitrogens with zero attached hydrogens (tertiary/aromatic N) is 4. The van der Waals surface area contributed by atoms with E-state index in [1.165, 1.54) is 60.4 Å². The summed E-state index contributed by atoms with van der Waals surface area (Å²) in [4.78, 5) is 10.2. The molecular weight excluding hydrogens is 621 g/mol. The molecule has 0 saturated heterocycles. The molecule has 0 bridgehead atoms. The molecule has 0 unspecified atom stereocenters. The molecule has 1 aliphatic rings. The Morgan fingerprint density at radius 2 is 1.04 bits per heavy atom. The zero-order chi connectivity index (χ0) is 33.5. The monoisotopic (exact) mass is 650 g/mol. The average molecular weight is 651 g/mol. The molecule has 7 aromatic carbocycles. The van der Waals surface area contributed by atoms with E-state index in [-0.39, 0.29) is 0 Å². The second-order valence-corrected chi connectivity index (χ2v) is 13.4. The van der Waals surface area contributed by atoms with Crippen LogP contribution in [0.3, 0.4) is 0 Å². The van der Waals surface area contributed by atoms with Gasteiger partial charge in [0.25, 0.3) is 0 Å². The summed E-state index contributed by atoms with van der Waals surface area (Å²) in [5.74, 6) is 0.839. The molecule has 4 heteroatoms. The standard InChI is InChI=1S/C47H30N4/c1-2-10-30(11-3-1)31-18-22-35(23-19-31)50-42-16-8-7-15-38(42)40-26-32(21-25-44(40)50)33-20-24-39-37-14-6-9-17-43(37)51(45(39)28-33)46-29-48-41-27-34-12-4-5-13-36(34)47(41)49-46/h1-26,28-29H,27H2. The average Bonchev–Trinajstić information content (AvgIpc) is 3.85. The van der Waals surface area contributed by atoms with Crippen molar-refractivity contribution in [2.24, 2.45) is 0 Å². The molecule has 0 aliphatic heterocycles. The van der Waals surface area contributed by atoms with E-state index >= 15 is 0 Å². The van der Waals surface area contributed by atoms with Gasteiger partial charge in [-0.1, -0.05) is 121 Å². The maximum absolute atomic E-state index is 5.27. The molecule has 3 aromatic heterocycles. The lowest BCUT2D eigenvalue weighted by Crippen LogP contribution is -2.01. The minimum absolute atomic E-state index is 0.827. The van der Waals surface area contributed by atoms with Crippen LogP contribution in [0.4, 0.5) is 0 Å². The van der Waals surface area contributed by atoms with Crippen molar-refractivity contribution >= 4 is 43.6 Å². The lowest BCUT2D eigenvalue weighted by atomic mass is 10.0. The van der Waals surface area contributed by atoms with Crippen LogP contribution < -0.4 is 0 Å². The van der Waals surface area contributed by atoms with Crippen LogP contribution in [0.5, 0.6) is 0 Å². The van der Waals surface area contributed by atoms with Crippen LogP contribution >= 0.6 is 0 Å². The summed E-state index contributed by atoms with van der Waals surface area (Å²) in [6.45, 7) is 0. The van der Waals surface area contributed by atoms with Crippen molar-refractivity contribution in [1.29, 1.82) is 0 Å². The Bertz CT molecular complexity index is 2980. The Balaban J connectivity index is 1.07. The lowest BCUT2D eigenvalue weighted by Gasteiger charge is -2.11. The molecule has 0 spiro atoms. The zero-order valence-electron chi connectivity index (χ0n) is 27.7. The molecule has 3 heterocycles. The molecule has 0 atom stereocenters. The van der Waals surface area contributed by atoms with E-state index in [1.54, 1.807) is 0 Å². The third-order valence-corrected chi connectivity index (χ3v) is 10.6. The first kappa shape index (κ1) is 28.1. The summed E-state index contributed by atoms with van der Waals surface area (Å²) in [7, 11) is 0. The minimum Gasteiger partial charge on any atom is -0.309 e. The second kappa shape index (κ2) is 10.9. The van der Waals surface area contributed by atoms with Crippen LogP contribution in [0.1, 0.15) is 11.3 Å². The van der Waals surface area contributed by atoms with E-state index in [9.17, 15) is 0 Å². The predicted octanol–water partition coefficient (Wildman–Crippen LogP) is 11.6. The van der Waals surface area contributed by atoms with Gasteiger partial charge in [-0.05, 0) is 70.3 Å². The van der Waals surface area contributed by atoms with Crippen LogP contribution in [0.25, 0.3) is 88.6 Å². The zero-order valence-corrected chi connectivity index (χ0v) is 27.7. The largest absolute Gasteiger partial charge is 0.309 e. The number of hydrogen-bond acceptors (Lipinski definition) is 2. The number of hydrogen-bond donors (Lipinski definition) is 0. The van der Waals surface area contributed by atoms with Gasteiger partial charge >= 0.3 is 0 Å². The summed E-state index contributed by atoms with van der Waals surface area (Å²) in [5, 5.41) is 4.89. The van der Waals surface area contributed by atoms with E-state index in [0.717, 1.165) is 45.9 Å². The number of aromatic nitrogens is 4. The van der Waals surface area contributed by atoms with Crippen LogP contribution in [-0.2, 0) is 6.42 Å². The van der Waals surface area contributed by atoms with Gasteiger partial charge in [0.2, 0.25) is 0 Å². The van der Waals surface area contributed by atoms with Crippen molar-refractivity contribution in [3.8, 4) is 45.0 Å². The number of fused-ring (bicyclic) bond motifs is 9. The van der Waals surface area contributed by atoms with E-state index in [1.807, 2.05) is 6.20 Å². The predicted molar refractivity (Wildman–Crippen MR) is 210 cm³/mol. The SMILES string of the molecule is c1ccc(-c2ccc(-n3c4ccccc4c4cc(-c5ccc6c7ccccc7n(-c7cnc8c(n7)-c7ccccc7C8)c6c5)ccc43)cc2)cc1. The smallest absolute Gasteiger partial charge is 0.156 e. The van der Waals surface area contributed by atoms with Gasteiger partial charge in [-0.25, -0.2) is 4.98 Å². The van der Waals surface area contributed by atoms with Crippen LogP contribution in [0.2, 0.25) is 0 Å². The fourth-order valence-electron chi connectivity index (χ4n) is 8.20. The molecule has 1 aliphatic carbocycles. The van der Waals surface area contributed by atoms with Crippen molar-refractivity contribution < 1.29 is 0 Å². The van der Waals surface area contributed by atoms with Crippen molar-refractivity contribution in [1.82, 2.24) is 19.1 Å². The molecular formula is C47H30N4. The Morgan fingerprint density at radius 1 is 0.431 bits per heavy atom. The maximum Gasteiger partial charge on any atom is 0.156 e. The van der Waals surface area contributed by atoms with Gasteiger partial charge in [0, 0.05) is 39.2 Å². The second-order valence-electron chi connectivity index (χ2n) is 13.4. The quantitative estimate of drug-likeness (QED) is 0.190. The highest BCUT2D eigenvalue weighted by Crippen LogP contribution is 2.39. The molecule has 51 heavy (non-hydrogen) atoms. The van der Waals surface area contributed by atoms with Gasteiger partial charge in [-0.15, -0.1) is 0 Å². The fraction of sp³-hybridized carbons (Fsp3) is 0.0213. The molecule has 0 saturated carbocycles. The van der Waals surface area contributed by atoms with Crippen molar-refractivity contribution in [3.63, 3.8) is 0 Å². The summed E-state index contributed by atoms with van der Waals surface area (Å²) < 4.78 is 4.67. The van der Waals surface area contributed by atoms with E-state index < -0.39 is 0 Å². The van der Waals surface area contributed by atoms with E-state index in [2.05, 4.69) is 173 Å². The van der Waals surface area contributed by atoms with E-state index in [4.69, 9.17) is 9.97 Å². The molecule has 11 rings (SSSR count). The molecule has 0 N–H and O–H groups in total. The molecule has 238 valence electrons. The van der Waals surface area contributed by atoms with Gasteiger partial charge in [0.15, 0.2) is 5.82 Å². The molecule has 0 radical (unpaired) electrons.